The molecule has 1 aromatic carbocycles. The third-order valence-electron chi connectivity index (χ3n) is 3.62. The number of benzene rings is 1. The summed E-state index contributed by atoms with van der Waals surface area (Å²) in [4.78, 5) is 14.2. The summed E-state index contributed by atoms with van der Waals surface area (Å²) in [6.45, 7) is 1.36. The minimum Gasteiger partial charge on any atom is -0.481 e. The molecule has 2 aromatic rings. The Kier molecular flexibility index (Phi) is 3.96. The molecule has 1 heterocycles. The molecule has 3 rings (SSSR count). The van der Waals surface area contributed by atoms with E-state index in [1.54, 1.807) is 11.3 Å². The SMILES string of the molecule is O=C(O)CCN(Cc1sc2ccccc2c1Cl)C1CC1. The van der Waals surface area contributed by atoms with Gasteiger partial charge in [-0.05, 0) is 18.9 Å². The van der Waals surface area contributed by atoms with Crippen molar-refractivity contribution in [2.24, 2.45) is 0 Å². The van der Waals surface area contributed by atoms with E-state index in [2.05, 4.69) is 11.0 Å². The van der Waals surface area contributed by atoms with Crippen LogP contribution in [0.15, 0.2) is 24.3 Å². The van der Waals surface area contributed by atoms with Gasteiger partial charge >= 0.3 is 5.97 Å². The van der Waals surface area contributed by atoms with Crippen LogP contribution in [-0.4, -0.2) is 28.6 Å². The average Bonchev–Trinajstić information content (AvgIpc) is 3.22. The molecule has 1 fully saturated rings. The highest BCUT2D eigenvalue weighted by atomic mass is 35.5. The topological polar surface area (TPSA) is 40.5 Å². The number of thiophene rings is 1. The van der Waals surface area contributed by atoms with Gasteiger partial charge in [0.05, 0.1) is 11.4 Å². The second-order valence-electron chi connectivity index (χ2n) is 5.18. The van der Waals surface area contributed by atoms with Gasteiger partial charge in [-0.3, -0.25) is 9.69 Å². The number of nitrogens with zero attached hydrogens (tertiary/aromatic N) is 1. The lowest BCUT2D eigenvalue weighted by atomic mass is 10.2. The van der Waals surface area contributed by atoms with Crippen molar-refractivity contribution in [3.8, 4) is 0 Å². The van der Waals surface area contributed by atoms with Crippen LogP contribution >= 0.6 is 22.9 Å². The minimum atomic E-state index is -0.738. The summed E-state index contributed by atoms with van der Waals surface area (Å²) >= 11 is 8.17. The van der Waals surface area contributed by atoms with Gasteiger partial charge in [-0.25, -0.2) is 0 Å². The quantitative estimate of drug-likeness (QED) is 0.877. The van der Waals surface area contributed by atoms with E-state index in [0.717, 1.165) is 21.8 Å². The van der Waals surface area contributed by atoms with Crippen LogP contribution in [0.4, 0.5) is 0 Å². The first kappa shape index (κ1) is 13.9. The van der Waals surface area contributed by atoms with Gasteiger partial charge in [0, 0.05) is 34.1 Å². The van der Waals surface area contributed by atoms with Gasteiger partial charge in [-0.1, -0.05) is 29.8 Å². The van der Waals surface area contributed by atoms with E-state index in [0.29, 0.717) is 12.6 Å². The molecule has 1 aliphatic rings. The summed E-state index contributed by atoms with van der Waals surface area (Å²) in [5.41, 5.74) is 0. The van der Waals surface area contributed by atoms with Crippen LogP contribution in [0.25, 0.3) is 10.1 Å². The van der Waals surface area contributed by atoms with Gasteiger partial charge in [0.1, 0.15) is 0 Å². The monoisotopic (exact) mass is 309 g/mol. The van der Waals surface area contributed by atoms with Gasteiger partial charge in [0.2, 0.25) is 0 Å². The van der Waals surface area contributed by atoms with E-state index in [4.69, 9.17) is 16.7 Å². The molecule has 0 saturated heterocycles. The number of carboxylic acids is 1. The fourth-order valence-corrected chi connectivity index (χ4v) is 3.94. The molecule has 1 N–H and O–H groups in total. The molecule has 20 heavy (non-hydrogen) atoms. The maximum Gasteiger partial charge on any atom is 0.304 e. The van der Waals surface area contributed by atoms with E-state index >= 15 is 0 Å². The van der Waals surface area contributed by atoms with Crippen LogP contribution in [-0.2, 0) is 11.3 Å². The standard InChI is InChI=1S/C15H16ClNO2S/c16-15-11-3-1-2-4-12(11)20-13(15)9-17(10-5-6-10)8-7-14(18)19/h1-4,10H,5-9H2,(H,18,19). The van der Waals surface area contributed by atoms with Crippen LogP contribution in [0.3, 0.4) is 0 Å². The molecule has 0 aliphatic heterocycles. The van der Waals surface area contributed by atoms with Gasteiger partial charge in [0.15, 0.2) is 0 Å². The van der Waals surface area contributed by atoms with E-state index < -0.39 is 5.97 Å². The van der Waals surface area contributed by atoms with Crippen LogP contribution in [0.2, 0.25) is 5.02 Å². The summed E-state index contributed by atoms with van der Waals surface area (Å²) in [5, 5.41) is 10.8. The lowest BCUT2D eigenvalue weighted by molar-refractivity contribution is -0.137. The Morgan fingerprint density at radius 1 is 1.40 bits per heavy atom. The summed E-state index contributed by atoms with van der Waals surface area (Å²) in [6, 6.07) is 8.66. The molecule has 1 aliphatic carbocycles. The largest absolute Gasteiger partial charge is 0.481 e. The molecule has 1 aromatic heterocycles. The number of halogens is 1. The number of carbonyl (C=O) groups is 1. The van der Waals surface area contributed by atoms with Crippen molar-refractivity contribution in [1.82, 2.24) is 4.90 Å². The van der Waals surface area contributed by atoms with Crippen LogP contribution < -0.4 is 0 Å². The van der Waals surface area contributed by atoms with Gasteiger partial charge < -0.3 is 5.11 Å². The highest BCUT2D eigenvalue weighted by molar-refractivity contribution is 7.19. The molecule has 3 nitrogen and oxygen atoms in total. The minimum absolute atomic E-state index is 0.193. The molecule has 0 unspecified atom stereocenters. The zero-order chi connectivity index (χ0) is 14.1. The number of aliphatic carboxylic acids is 1. The van der Waals surface area contributed by atoms with Crippen molar-refractivity contribution < 1.29 is 9.90 Å². The zero-order valence-electron chi connectivity index (χ0n) is 11.0. The molecule has 0 spiro atoms. The molecular weight excluding hydrogens is 294 g/mol. The smallest absolute Gasteiger partial charge is 0.304 e. The fraction of sp³-hybridized carbons (Fsp3) is 0.400. The second kappa shape index (κ2) is 5.72. The van der Waals surface area contributed by atoms with Crippen LogP contribution in [0.1, 0.15) is 24.1 Å². The van der Waals surface area contributed by atoms with E-state index in [1.165, 1.54) is 17.5 Å². The molecule has 106 valence electrons. The zero-order valence-corrected chi connectivity index (χ0v) is 12.6. The maximum absolute atomic E-state index is 10.8. The Bertz CT molecular complexity index is 636. The van der Waals surface area contributed by atoms with Gasteiger partial charge in [-0.2, -0.15) is 0 Å². The maximum atomic E-state index is 10.8. The van der Waals surface area contributed by atoms with E-state index in [1.807, 2.05) is 18.2 Å². The first-order valence-corrected chi connectivity index (χ1v) is 7.96. The van der Waals surface area contributed by atoms with Crippen LogP contribution in [0, 0.1) is 0 Å². The Morgan fingerprint density at radius 3 is 2.80 bits per heavy atom. The van der Waals surface area contributed by atoms with E-state index in [9.17, 15) is 4.79 Å². The molecule has 5 heteroatoms. The predicted octanol–water partition coefficient (Wildman–Crippen LogP) is 3.99. The summed E-state index contributed by atoms with van der Waals surface area (Å²) in [5.74, 6) is -0.738. The third kappa shape index (κ3) is 2.97. The second-order valence-corrected chi connectivity index (χ2v) is 6.70. The highest BCUT2D eigenvalue weighted by Gasteiger charge is 2.30. The van der Waals surface area contributed by atoms with E-state index in [-0.39, 0.29) is 6.42 Å². The molecule has 0 bridgehead atoms. The summed E-state index contributed by atoms with van der Waals surface area (Å²) < 4.78 is 1.20. The Hall–Kier alpha value is -1.10. The molecule has 0 radical (unpaired) electrons. The predicted molar refractivity (Wildman–Crippen MR) is 82.5 cm³/mol. The lowest BCUT2D eigenvalue weighted by Crippen LogP contribution is -2.27. The lowest BCUT2D eigenvalue weighted by Gasteiger charge is -2.20. The van der Waals surface area contributed by atoms with Gasteiger partial charge in [0.25, 0.3) is 0 Å². The molecule has 0 amide bonds. The van der Waals surface area contributed by atoms with Crippen molar-refractivity contribution >= 4 is 39.0 Å². The molecule has 1 saturated carbocycles. The van der Waals surface area contributed by atoms with Crippen molar-refractivity contribution in [2.45, 2.75) is 31.8 Å². The van der Waals surface area contributed by atoms with Crippen molar-refractivity contribution in [1.29, 1.82) is 0 Å². The highest BCUT2D eigenvalue weighted by Crippen LogP contribution is 2.38. The van der Waals surface area contributed by atoms with Gasteiger partial charge in [-0.15, -0.1) is 11.3 Å². The third-order valence-corrected chi connectivity index (χ3v) is 5.32. The fourth-order valence-electron chi connectivity index (χ4n) is 2.42. The van der Waals surface area contributed by atoms with Crippen molar-refractivity contribution in [3.05, 3.63) is 34.2 Å². The summed E-state index contributed by atoms with van der Waals surface area (Å²) in [6.07, 6.45) is 2.53. The Labute approximate surface area is 126 Å². The molecule has 0 atom stereocenters. The normalized spacial score (nSPS) is 15.1. The van der Waals surface area contributed by atoms with Crippen LogP contribution in [0.5, 0.6) is 0 Å². The first-order valence-electron chi connectivity index (χ1n) is 6.77. The number of rotatable bonds is 6. The number of hydrogen-bond donors (Lipinski definition) is 1. The summed E-state index contributed by atoms with van der Waals surface area (Å²) in [7, 11) is 0. The first-order chi connectivity index (χ1) is 9.65. The Balaban J connectivity index is 1.79. The Morgan fingerprint density at radius 2 is 2.15 bits per heavy atom. The van der Waals surface area contributed by atoms with Crippen molar-refractivity contribution in [2.75, 3.05) is 6.54 Å². The average molecular weight is 310 g/mol. The number of carboxylic acid groups (broad SMARTS) is 1. The molecular formula is C15H16ClNO2S. The van der Waals surface area contributed by atoms with Crippen molar-refractivity contribution in [3.63, 3.8) is 0 Å². The number of hydrogen-bond acceptors (Lipinski definition) is 3. The number of fused-ring (bicyclic) bond motifs is 1.